The van der Waals surface area contributed by atoms with Crippen molar-refractivity contribution >= 4 is 41.6 Å². The van der Waals surface area contributed by atoms with Crippen LogP contribution in [-0.2, 0) is 63.1 Å². The summed E-state index contributed by atoms with van der Waals surface area (Å²) in [7, 11) is -21.8. The van der Waals surface area contributed by atoms with Crippen LogP contribution < -0.4 is 0 Å². The topological polar surface area (TPSA) is 284 Å². The standard InChI is InChI=1S/C6H12O18S4/c7-6-5(24-28(17,18)19)4(23-27(14,15)16)3(22-26(11,12)13)2(21-6)1-20-25(8,9)10/h2-7H,1H2,(H,8,9,10)(H,11,12,13)(H,14,15,16)(H,17,18,19)/t2-,3+,4+,5-,6-/m1/s1. The molecule has 0 aromatic carbocycles. The summed E-state index contributed by atoms with van der Waals surface area (Å²) < 4.78 is 142. The predicted molar refractivity (Wildman–Crippen MR) is 77.6 cm³/mol. The Balaban J connectivity index is 3.42. The summed E-state index contributed by atoms with van der Waals surface area (Å²) in [6, 6.07) is 0. The third kappa shape index (κ3) is 9.27. The van der Waals surface area contributed by atoms with Gasteiger partial charge in [0.05, 0.1) is 6.61 Å². The van der Waals surface area contributed by atoms with Gasteiger partial charge in [0.2, 0.25) is 0 Å². The normalized spacial score (nSPS) is 30.2. The summed E-state index contributed by atoms with van der Waals surface area (Å²) in [5, 5.41) is 9.70. The lowest BCUT2D eigenvalue weighted by molar-refractivity contribution is -0.270. The molecule has 0 aliphatic carbocycles. The van der Waals surface area contributed by atoms with E-state index >= 15 is 0 Å². The third-order valence-electron chi connectivity index (χ3n) is 2.69. The van der Waals surface area contributed by atoms with E-state index in [9.17, 15) is 38.8 Å². The van der Waals surface area contributed by atoms with Crippen LogP contribution >= 0.6 is 0 Å². The van der Waals surface area contributed by atoms with E-state index in [1.54, 1.807) is 0 Å². The summed E-state index contributed by atoms with van der Waals surface area (Å²) >= 11 is 0. The fraction of sp³-hybridized carbons (Fsp3) is 1.00. The summed E-state index contributed by atoms with van der Waals surface area (Å²) in [5.41, 5.74) is 0. The van der Waals surface area contributed by atoms with E-state index in [4.69, 9.17) is 18.2 Å². The monoisotopic (exact) mass is 500 g/mol. The van der Waals surface area contributed by atoms with Crippen LogP contribution in [0.3, 0.4) is 0 Å². The molecule has 0 aromatic heterocycles. The van der Waals surface area contributed by atoms with Gasteiger partial charge in [0.25, 0.3) is 0 Å². The molecule has 1 saturated heterocycles. The molecule has 1 fully saturated rings. The van der Waals surface area contributed by atoms with Gasteiger partial charge in [-0.15, -0.1) is 0 Å². The van der Waals surface area contributed by atoms with Gasteiger partial charge in [-0.2, -0.15) is 33.7 Å². The highest BCUT2D eigenvalue weighted by molar-refractivity contribution is 7.81. The largest absolute Gasteiger partial charge is 0.397 e. The van der Waals surface area contributed by atoms with Crippen LogP contribution in [0.1, 0.15) is 0 Å². The lowest BCUT2D eigenvalue weighted by Crippen LogP contribution is -2.62. The molecule has 168 valence electrons. The van der Waals surface area contributed by atoms with E-state index in [2.05, 4.69) is 21.5 Å². The van der Waals surface area contributed by atoms with Crippen LogP contribution in [0.2, 0.25) is 0 Å². The van der Waals surface area contributed by atoms with Crippen molar-refractivity contribution in [2.45, 2.75) is 30.7 Å². The molecule has 0 spiro atoms. The second-order valence-corrected chi connectivity index (χ2v) is 8.98. The molecule has 0 amide bonds. The van der Waals surface area contributed by atoms with Gasteiger partial charge in [-0.25, -0.2) is 16.7 Å². The van der Waals surface area contributed by atoms with Crippen LogP contribution in [0.25, 0.3) is 0 Å². The Kier molecular flexibility index (Phi) is 7.85. The summed E-state index contributed by atoms with van der Waals surface area (Å²) in [6.45, 7) is -1.42. The van der Waals surface area contributed by atoms with Gasteiger partial charge in [0.15, 0.2) is 12.4 Å². The highest BCUT2D eigenvalue weighted by atomic mass is 32.3. The number of ether oxygens (including phenoxy) is 1. The first-order chi connectivity index (χ1) is 12.3. The Hall–Kier alpha value is -0.600. The highest BCUT2D eigenvalue weighted by Crippen LogP contribution is 2.30. The van der Waals surface area contributed by atoms with Crippen LogP contribution in [-0.4, -0.2) is 94.3 Å². The predicted octanol–water partition coefficient (Wildman–Crippen LogP) is -3.91. The summed E-state index contributed by atoms with van der Waals surface area (Å²) in [4.78, 5) is 0. The van der Waals surface area contributed by atoms with Crippen molar-refractivity contribution in [1.82, 2.24) is 0 Å². The van der Waals surface area contributed by atoms with Crippen molar-refractivity contribution in [3.8, 4) is 0 Å². The quantitative estimate of drug-likeness (QED) is 0.189. The molecule has 22 heteroatoms. The molecule has 1 aliphatic rings. The molecule has 0 saturated carbocycles. The van der Waals surface area contributed by atoms with E-state index in [1.165, 1.54) is 0 Å². The molecule has 0 unspecified atom stereocenters. The Labute approximate surface area is 157 Å². The van der Waals surface area contributed by atoms with E-state index in [0.29, 0.717) is 0 Å². The fourth-order valence-electron chi connectivity index (χ4n) is 1.93. The molecular weight excluding hydrogens is 488 g/mol. The van der Waals surface area contributed by atoms with Gasteiger partial charge in [-0.05, 0) is 0 Å². The highest BCUT2D eigenvalue weighted by Gasteiger charge is 2.53. The van der Waals surface area contributed by atoms with Crippen molar-refractivity contribution in [3.63, 3.8) is 0 Å². The maximum atomic E-state index is 11.0. The first kappa shape index (κ1) is 25.4. The first-order valence-corrected chi connectivity index (χ1v) is 11.7. The van der Waals surface area contributed by atoms with Gasteiger partial charge < -0.3 is 9.84 Å². The van der Waals surface area contributed by atoms with Gasteiger partial charge in [-0.1, -0.05) is 0 Å². The Morgan fingerprint density at radius 2 is 1.04 bits per heavy atom. The van der Waals surface area contributed by atoms with Crippen LogP contribution in [0, 0.1) is 0 Å². The fourth-order valence-corrected chi connectivity index (χ4v) is 3.74. The minimum atomic E-state index is -5.58. The molecule has 5 atom stereocenters. The van der Waals surface area contributed by atoms with Crippen LogP contribution in [0.15, 0.2) is 0 Å². The zero-order valence-electron chi connectivity index (χ0n) is 12.8. The van der Waals surface area contributed by atoms with E-state index in [1.807, 2.05) is 0 Å². The van der Waals surface area contributed by atoms with E-state index < -0.39 is 78.9 Å². The number of hydrogen-bond acceptors (Lipinski definition) is 14. The maximum Gasteiger partial charge on any atom is 0.397 e. The van der Waals surface area contributed by atoms with E-state index in [0.717, 1.165) is 0 Å². The average Bonchev–Trinajstić information content (AvgIpc) is 2.39. The molecular formula is C6H12O18S4. The van der Waals surface area contributed by atoms with Gasteiger partial charge in [0.1, 0.15) is 18.3 Å². The van der Waals surface area contributed by atoms with E-state index in [-0.39, 0.29) is 0 Å². The van der Waals surface area contributed by atoms with Crippen molar-refractivity contribution in [2.24, 2.45) is 0 Å². The molecule has 0 aromatic rings. The van der Waals surface area contributed by atoms with Gasteiger partial charge in [-0.3, -0.25) is 18.2 Å². The first-order valence-electron chi connectivity index (χ1n) is 6.20. The van der Waals surface area contributed by atoms with Gasteiger partial charge >= 0.3 is 41.6 Å². The molecule has 0 bridgehead atoms. The van der Waals surface area contributed by atoms with Gasteiger partial charge in [0, 0.05) is 0 Å². The third-order valence-corrected chi connectivity index (χ3v) is 4.52. The van der Waals surface area contributed by atoms with Crippen LogP contribution in [0.5, 0.6) is 0 Å². The zero-order chi connectivity index (χ0) is 22.1. The summed E-state index contributed by atoms with van der Waals surface area (Å²) in [5.74, 6) is 0. The second kappa shape index (κ2) is 8.64. The number of aliphatic hydroxyl groups excluding tert-OH is 1. The Morgan fingerprint density at radius 3 is 1.43 bits per heavy atom. The van der Waals surface area contributed by atoms with Crippen LogP contribution in [0.4, 0.5) is 0 Å². The maximum absolute atomic E-state index is 11.0. The lowest BCUT2D eigenvalue weighted by Gasteiger charge is -2.41. The second-order valence-electron chi connectivity index (χ2n) is 4.74. The zero-order valence-corrected chi connectivity index (χ0v) is 16.0. The molecule has 18 nitrogen and oxygen atoms in total. The molecule has 5 N–H and O–H groups in total. The molecule has 28 heavy (non-hydrogen) atoms. The van der Waals surface area contributed by atoms with Crippen molar-refractivity contribution in [3.05, 3.63) is 0 Å². The smallest absolute Gasteiger partial charge is 0.366 e. The average molecular weight is 500 g/mol. The minimum absolute atomic E-state index is 1.42. The number of hydrogen-bond donors (Lipinski definition) is 5. The van der Waals surface area contributed by atoms with Crippen molar-refractivity contribution in [2.75, 3.05) is 6.61 Å². The molecule has 0 radical (unpaired) electrons. The molecule has 1 heterocycles. The lowest BCUT2D eigenvalue weighted by atomic mass is 9.99. The Bertz CT molecular complexity index is 959. The molecule has 1 rings (SSSR count). The Morgan fingerprint density at radius 1 is 0.643 bits per heavy atom. The van der Waals surface area contributed by atoms with Crippen molar-refractivity contribution in [1.29, 1.82) is 0 Å². The van der Waals surface area contributed by atoms with Crippen molar-refractivity contribution < 1.29 is 78.5 Å². The minimum Gasteiger partial charge on any atom is -0.366 e. The number of rotatable bonds is 9. The summed E-state index contributed by atoms with van der Waals surface area (Å²) in [6.07, 6.45) is -12.8. The SMILES string of the molecule is O=S(=O)(O)OC[C@H]1O[C@@H](O)[C@H](OS(=O)(=O)O)[C@@H](OS(=O)(=O)O)[C@H]1OS(=O)(=O)O. The molecule has 1 aliphatic heterocycles. The number of aliphatic hydroxyl groups is 1.